The topological polar surface area (TPSA) is 96.0 Å². The Morgan fingerprint density at radius 2 is 2.15 bits per heavy atom. The van der Waals surface area contributed by atoms with Crippen molar-refractivity contribution >= 4 is 27.7 Å². The summed E-state index contributed by atoms with van der Waals surface area (Å²) in [5, 5.41) is 11.8. The molecule has 20 heavy (non-hydrogen) atoms. The Labute approximate surface area is 125 Å². The number of carbonyl (C=O) groups excluding carboxylic acids is 2. The molecule has 1 fully saturated rings. The molecule has 0 radical (unpaired) electrons. The summed E-state index contributed by atoms with van der Waals surface area (Å²) in [6.07, 6.45) is 2.21. The van der Waals surface area contributed by atoms with Gasteiger partial charge in [-0.2, -0.15) is 5.26 Å². The van der Waals surface area contributed by atoms with E-state index in [0.717, 1.165) is 12.8 Å². The SMILES string of the molecule is CC(NC(=O)c1cc(C#N)cc(Br)c1C(N)=O)C1CC1. The van der Waals surface area contributed by atoms with Gasteiger partial charge >= 0.3 is 0 Å². The van der Waals surface area contributed by atoms with Gasteiger partial charge in [-0.3, -0.25) is 9.59 Å². The standard InChI is InChI=1S/C14H14BrN3O2/c1-7(9-2-3-9)18-14(20)10-4-8(6-16)5-11(15)12(10)13(17)19/h4-5,7,9H,2-3H2,1H3,(H2,17,19)(H,18,20). The van der Waals surface area contributed by atoms with Gasteiger partial charge in [0.1, 0.15) is 0 Å². The zero-order valence-corrected chi connectivity index (χ0v) is 12.5. The van der Waals surface area contributed by atoms with Crippen LogP contribution >= 0.6 is 15.9 Å². The molecule has 0 spiro atoms. The summed E-state index contributed by atoms with van der Waals surface area (Å²) in [6, 6.07) is 4.87. The summed E-state index contributed by atoms with van der Waals surface area (Å²) in [6.45, 7) is 1.93. The van der Waals surface area contributed by atoms with Gasteiger partial charge in [0.15, 0.2) is 0 Å². The number of nitrogens with zero attached hydrogens (tertiary/aromatic N) is 1. The molecule has 1 atom stereocenters. The number of hydrogen-bond acceptors (Lipinski definition) is 3. The number of rotatable bonds is 4. The quantitative estimate of drug-likeness (QED) is 0.879. The van der Waals surface area contributed by atoms with Crippen LogP contribution in [0.5, 0.6) is 0 Å². The molecular formula is C14H14BrN3O2. The van der Waals surface area contributed by atoms with Crippen molar-refractivity contribution in [3.05, 3.63) is 33.3 Å². The molecule has 0 saturated heterocycles. The molecule has 3 N–H and O–H groups in total. The molecule has 1 unspecified atom stereocenters. The third-order valence-electron chi connectivity index (χ3n) is 3.40. The number of primary amides is 1. The maximum atomic E-state index is 12.3. The molecule has 0 aromatic heterocycles. The van der Waals surface area contributed by atoms with E-state index in [1.165, 1.54) is 12.1 Å². The first-order valence-corrected chi connectivity index (χ1v) is 7.07. The Kier molecular flexibility index (Phi) is 4.09. The molecule has 2 rings (SSSR count). The van der Waals surface area contributed by atoms with Gasteiger partial charge in [0, 0.05) is 10.5 Å². The third kappa shape index (κ3) is 2.99. The number of nitrogens with two attached hydrogens (primary N) is 1. The maximum absolute atomic E-state index is 12.3. The molecule has 0 aliphatic heterocycles. The monoisotopic (exact) mass is 335 g/mol. The van der Waals surface area contributed by atoms with Crippen LogP contribution in [0.15, 0.2) is 16.6 Å². The number of benzene rings is 1. The lowest BCUT2D eigenvalue weighted by atomic mass is 10.0. The predicted octanol–water partition coefficient (Wildman–Crippen LogP) is 1.95. The molecule has 5 nitrogen and oxygen atoms in total. The van der Waals surface area contributed by atoms with E-state index in [9.17, 15) is 9.59 Å². The van der Waals surface area contributed by atoms with E-state index in [1.807, 2.05) is 13.0 Å². The van der Waals surface area contributed by atoms with Crippen molar-refractivity contribution in [3.63, 3.8) is 0 Å². The van der Waals surface area contributed by atoms with Crippen LogP contribution in [0.1, 0.15) is 46.0 Å². The minimum atomic E-state index is -0.703. The molecule has 6 heteroatoms. The second-order valence-electron chi connectivity index (χ2n) is 4.96. The number of carbonyl (C=O) groups is 2. The summed E-state index contributed by atoms with van der Waals surface area (Å²) < 4.78 is 0.355. The van der Waals surface area contributed by atoms with Crippen molar-refractivity contribution < 1.29 is 9.59 Å². The highest BCUT2D eigenvalue weighted by Gasteiger charge is 2.30. The van der Waals surface area contributed by atoms with E-state index in [4.69, 9.17) is 11.0 Å². The lowest BCUT2D eigenvalue weighted by Gasteiger charge is -2.15. The number of halogens is 1. The lowest BCUT2D eigenvalue weighted by molar-refractivity contribution is 0.0921. The molecule has 104 valence electrons. The number of hydrogen-bond donors (Lipinski definition) is 2. The summed E-state index contributed by atoms with van der Waals surface area (Å²) in [5.74, 6) is -0.583. The highest BCUT2D eigenvalue weighted by Crippen LogP contribution is 2.32. The van der Waals surface area contributed by atoms with Gasteiger partial charge in [-0.25, -0.2) is 0 Å². The van der Waals surface area contributed by atoms with Gasteiger partial charge in [-0.1, -0.05) is 0 Å². The molecule has 0 heterocycles. The van der Waals surface area contributed by atoms with Crippen LogP contribution in [0.4, 0.5) is 0 Å². The van der Waals surface area contributed by atoms with Gasteiger partial charge in [0.05, 0.1) is 22.8 Å². The minimum Gasteiger partial charge on any atom is -0.366 e. The van der Waals surface area contributed by atoms with E-state index in [1.54, 1.807) is 0 Å². The lowest BCUT2D eigenvalue weighted by Crippen LogP contribution is -2.35. The van der Waals surface area contributed by atoms with E-state index >= 15 is 0 Å². The fourth-order valence-corrected chi connectivity index (χ4v) is 2.75. The fraction of sp³-hybridized carbons (Fsp3) is 0.357. The first kappa shape index (κ1) is 14.5. The maximum Gasteiger partial charge on any atom is 0.252 e. The van der Waals surface area contributed by atoms with E-state index < -0.39 is 5.91 Å². The fourth-order valence-electron chi connectivity index (χ4n) is 2.10. The molecule has 1 saturated carbocycles. The highest BCUT2D eigenvalue weighted by atomic mass is 79.9. The number of nitriles is 1. The summed E-state index contributed by atoms with van der Waals surface area (Å²) >= 11 is 3.18. The van der Waals surface area contributed by atoms with Gasteiger partial charge in [-0.15, -0.1) is 0 Å². The predicted molar refractivity (Wildman–Crippen MR) is 77.0 cm³/mol. The van der Waals surface area contributed by atoms with Gasteiger partial charge in [-0.05, 0) is 53.7 Å². The van der Waals surface area contributed by atoms with E-state index in [2.05, 4.69) is 21.2 Å². The summed E-state index contributed by atoms with van der Waals surface area (Å²) in [7, 11) is 0. The normalized spacial score (nSPS) is 15.2. The Balaban J connectivity index is 2.37. The minimum absolute atomic E-state index is 0.0488. The van der Waals surface area contributed by atoms with Crippen LogP contribution in [0.3, 0.4) is 0 Å². The number of amides is 2. The van der Waals surface area contributed by atoms with Crippen LogP contribution in [-0.4, -0.2) is 17.9 Å². The van der Waals surface area contributed by atoms with Crippen molar-refractivity contribution in [1.29, 1.82) is 5.26 Å². The molecule has 1 aliphatic carbocycles. The van der Waals surface area contributed by atoms with Gasteiger partial charge in [0.2, 0.25) is 0 Å². The van der Waals surface area contributed by atoms with Crippen molar-refractivity contribution in [2.75, 3.05) is 0 Å². The highest BCUT2D eigenvalue weighted by molar-refractivity contribution is 9.10. The van der Waals surface area contributed by atoms with Crippen LogP contribution < -0.4 is 11.1 Å². The average Bonchev–Trinajstić information content (AvgIpc) is 3.21. The Bertz CT molecular complexity index is 618. The molecular weight excluding hydrogens is 322 g/mol. The van der Waals surface area contributed by atoms with E-state index in [-0.39, 0.29) is 23.1 Å². The molecule has 1 aliphatic rings. The largest absolute Gasteiger partial charge is 0.366 e. The van der Waals surface area contributed by atoms with Gasteiger partial charge in [0.25, 0.3) is 11.8 Å². The van der Waals surface area contributed by atoms with Crippen molar-refractivity contribution in [2.45, 2.75) is 25.8 Å². The zero-order valence-electron chi connectivity index (χ0n) is 10.9. The average molecular weight is 336 g/mol. The molecule has 0 bridgehead atoms. The smallest absolute Gasteiger partial charge is 0.252 e. The molecule has 1 aromatic rings. The molecule has 2 amide bonds. The zero-order chi connectivity index (χ0) is 14.9. The Morgan fingerprint density at radius 3 is 2.65 bits per heavy atom. The second-order valence-corrected chi connectivity index (χ2v) is 5.81. The summed E-state index contributed by atoms with van der Waals surface area (Å²) in [5.41, 5.74) is 5.85. The summed E-state index contributed by atoms with van der Waals surface area (Å²) in [4.78, 5) is 23.8. The van der Waals surface area contributed by atoms with Gasteiger partial charge < -0.3 is 11.1 Å². The number of nitrogens with one attached hydrogen (secondary N) is 1. The second kappa shape index (κ2) is 5.63. The first-order valence-electron chi connectivity index (χ1n) is 6.28. The Morgan fingerprint density at radius 1 is 1.50 bits per heavy atom. The third-order valence-corrected chi connectivity index (χ3v) is 4.02. The van der Waals surface area contributed by atoms with Crippen LogP contribution in [0, 0.1) is 17.2 Å². The Hall–Kier alpha value is -1.87. The molecule has 1 aromatic carbocycles. The van der Waals surface area contributed by atoms with Crippen LogP contribution in [-0.2, 0) is 0 Å². The van der Waals surface area contributed by atoms with E-state index in [0.29, 0.717) is 16.0 Å². The van der Waals surface area contributed by atoms with Crippen LogP contribution in [0.25, 0.3) is 0 Å². The van der Waals surface area contributed by atoms with Crippen molar-refractivity contribution in [1.82, 2.24) is 5.32 Å². The van der Waals surface area contributed by atoms with Crippen LogP contribution in [0.2, 0.25) is 0 Å². The first-order chi connectivity index (χ1) is 9.43. The van der Waals surface area contributed by atoms with Crippen molar-refractivity contribution in [2.24, 2.45) is 11.7 Å². The van der Waals surface area contributed by atoms with Crippen molar-refractivity contribution in [3.8, 4) is 6.07 Å².